The van der Waals surface area contributed by atoms with E-state index >= 15 is 0 Å². The molecule has 0 atom stereocenters. The van der Waals surface area contributed by atoms with E-state index in [4.69, 9.17) is 9.47 Å². The second-order valence-electron chi connectivity index (χ2n) is 2.86. The molecule has 0 rings (SSSR count). The summed E-state index contributed by atoms with van der Waals surface area (Å²) in [7, 11) is 0. The summed E-state index contributed by atoms with van der Waals surface area (Å²) >= 11 is 0. The van der Waals surface area contributed by atoms with Crippen molar-refractivity contribution in [1.29, 1.82) is 0 Å². The first-order valence-corrected chi connectivity index (χ1v) is 4.62. The van der Waals surface area contributed by atoms with Crippen molar-refractivity contribution in [3.8, 4) is 0 Å². The molecule has 5 nitrogen and oxygen atoms in total. The molecule has 84 valence electrons. The van der Waals surface area contributed by atoms with Crippen LogP contribution in [0.3, 0.4) is 0 Å². The van der Waals surface area contributed by atoms with Crippen molar-refractivity contribution >= 4 is 12.0 Å². The molecule has 0 aromatic rings. The van der Waals surface area contributed by atoms with Gasteiger partial charge in [-0.3, -0.25) is 0 Å². The number of aliphatic imine (C=N–C) groups is 1. The Labute approximate surface area is 88.8 Å². The SMILES string of the molecule is C=C(C)C(=O)OCCCOCCN=C=O. The Morgan fingerprint density at radius 1 is 1.40 bits per heavy atom. The predicted molar refractivity (Wildman–Crippen MR) is 54.2 cm³/mol. The van der Waals surface area contributed by atoms with E-state index in [0.717, 1.165) is 0 Å². The number of hydrogen-bond donors (Lipinski definition) is 0. The number of rotatable bonds is 8. The summed E-state index contributed by atoms with van der Waals surface area (Å²) in [6.45, 7) is 6.51. The summed E-state index contributed by atoms with van der Waals surface area (Å²) < 4.78 is 9.92. The molecular weight excluding hydrogens is 198 g/mol. The van der Waals surface area contributed by atoms with Crippen molar-refractivity contribution in [3.05, 3.63) is 12.2 Å². The lowest BCUT2D eigenvalue weighted by molar-refractivity contribution is -0.139. The van der Waals surface area contributed by atoms with Gasteiger partial charge in [0.25, 0.3) is 0 Å². The average Bonchev–Trinajstić information content (AvgIpc) is 2.21. The van der Waals surface area contributed by atoms with E-state index in [9.17, 15) is 9.59 Å². The maximum absolute atomic E-state index is 10.9. The molecule has 0 N–H and O–H groups in total. The van der Waals surface area contributed by atoms with Gasteiger partial charge in [0.05, 0.1) is 19.8 Å². The average molecular weight is 213 g/mol. The second kappa shape index (κ2) is 9.12. The van der Waals surface area contributed by atoms with Gasteiger partial charge < -0.3 is 9.47 Å². The zero-order valence-electron chi connectivity index (χ0n) is 8.82. The van der Waals surface area contributed by atoms with Crippen LogP contribution in [0.5, 0.6) is 0 Å². The summed E-state index contributed by atoms with van der Waals surface area (Å²) in [4.78, 5) is 23.9. The number of esters is 1. The zero-order chi connectivity index (χ0) is 11.5. The minimum Gasteiger partial charge on any atom is -0.462 e. The topological polar surface area (TPSA) is 65.0 Å². The van der Waals surface area contributed by atoms with Crippen molar-refractivity contribution in [1.82, 2.24) is 0 Å². The van der Waals surface area contributed by atoms with E-state index in [1.807, 2.05) is 0 Å². The van der Waals surface area contributed by atoms with E-state index in [1.54, 1.807) is 6.92 Å². The summed E-state index contributed by atoms with van der Waals surface area (Å²) in [6, 6.07) is 0. The fourth-order valence-corrected chi connectivity index (χ4v) is 0.707. The molecule has 5 heteroatoms. The number of ether oxygens (including phenoxy) is 2. The van der Waals surface area contributed by atoms with Crippen LogP contribution in [0, 0.1) is 0 Å². The van der Waals surface area contributed by atoms with Crippen molar-refractivity contribution < 1.29 is 19.1 Å². The van der Waals surface area contributed by atoms with E-state index in [2.05, 4.69) is 11.6 Å². The molecule has 0 aliphatic carbocycles. The van der Waals surface area contributed by atoms with Crippen molar-refractivity contribution in [2.75, 3.05) is 26.4 Å². The minimum atomic E-state index is -0.388. The first-order valence-electron chi connectivity index (χ1n) is 4.62. The Morgan fingerprint density at radius 2 is 2.13 bits per heavy atom. The van der Waals surface area contributed by atoms with E-state index < -0.39 is 0 Å². The van der Waals surface area contributed by atoms with E-state index in [-0.39, 0.29) is 5.97 Å². The van der Waals surface area contributed by atoms with Gasteiger partial charge >= 0.3 is 5.97 Å². The first-order chi connectivity index (χ1) is 7.18. The maximum atomic E-state index is 10.9. The van der Waals surface area contributed by atoms with Gasteiger partial charge in [-0.05, 0) is 6.92 Å². The van der Waals surface area contributed by atoms with Gasteiger partial charge in [-0.2, -0.15) is 0 Å². The van der Waals surface area contributed by atoms with Crippen LogP contribution in [0.2, 0.25) is 0 Å². The molecular formula is C10H15NO4. The summed E-state index contributed by atoms with van der Waals surface area (Å²) in [6.07, 6.45) is 2.03. The van der Waals surface area contributed by atoms with Crippen LogP contribution in [0.15, 0.2) is 17.1 Å². The minimum absolute atomic E-state index is 0.308. The molecule has 0 bridgehead atoms. The number of carbonyl (C=O) groups excluding carboxylic acids is 2. The molecule has 0 saturated carbocycles. The summed E-state index contributed by atoms with van der Waals surface area (Å²) in [5.41, 5.74) is 0.385. The monoisotopic (exact) mass is 213 g/mol. The highest BCUT2D eigenvalue weighted by atomic mass is 16.5. The summed E-state index contributed by atoms with van der Waals surface area (Å²) in [5.74, 6) is -0.388. The fourth-order valence-electron chi connectivity index (χ4n) is 0.707. The molecule has 0 aromatic carbocycles. The van der Waals surface area contributed by atoms with Gasteiger partial charge in [0.1, 0.15) is 0 Å². The van der Waals surface area contributed by atoms with Crippen LogP contribution in [0.25, 0.3) is 0 Å². The van der Waals surface area contributed by atoms with Crippen molar-refractivity contribution in [3.63, 3.8) is 0 Å². The van der Waals surface area contributed by atoms with Crippen LogP contribution in [-0.4, -0.2) is 38.4 Å². The quantitative estimate of drug-likeness (QED) is 0.197. The lowest BCUT2D eigenvalue weighted by atomic mass is 10.4. The largest absolute Gasteiger partial charge is 0.462 e. The highest BCUT2D eigenvalue weighted by Gasteiger charge is 2.01. The van der Waals surface area contributed by atoms with Gasteiger partial charge in [-0.15, -0.1) is 0 Å². The van der Waals surface area contributed by atoms with Crippen LogP contribution >= 0.6 is 0 Å². The van der Waals surface area contributed by atoms with E-state index in [0.29, 0.717) is 38.4 Å². The molecule has 0 heterocycles. The van der Waals surface area contributed by atoms with Gasteiger partial charge in [-0.25, -0.2) is 14.6 Å². The van der Waals surface area contributed by atoms with Crippen LogP contribution in [0.4, 0.5) is 0 Å². The zero-order valence-corrected chi connectivity index (χ0v) is 8.82. The number of isocyanates is 1. The van der Waals surface area contributed by atoms with Gasteiger partial charge in [0.2, 0.25) is 6.08 Å². The van der Waals surface area contributed by atoms with E-state index in [1.165, 1.54) is 6.08 Å². The molecule has 15 heavy (non-hydrogen) atoms. The molecule has 0 unspecified atom stereocenters. The van der Waals surface area contributed by atoms with Crippen molar-refractivity contribution in [2.45, 2.75) is 13.3 Å². The smallest absolute Gasteiger partial charge is 0.333 e. The lowest BCUT2D eigenvalue weighted by Crippen LogP contribution is -2.09. The van der Waals surface area contributed by atoms with Gasteiger partial charge in [0.15, 0.2) is 0 Å². The molecule has 0 saturated heterocycles. The third-order valence-electron chi connectivity index (χ3n) is 1.43. The van der Waals surface area contributed by atoms with Crippen molar-refractivity contribution in [2.24, 2.45) is 4.99 Å². The molecule has 0 radical (unpaired) electrons. The molecule has 0 amide bonds. The Bertz CT molecular complexity index is 256. The molecule has 0 fully saturated rings. The number of nitrogens with zero attached hydrogens (tertiary/aromatic N) is 1. The van der Waals surface area contributed by atoms with Gasteiger partial charge in [-0.1, -0.05) is 6.58 Å². The maximum Gasteiger partial charge on any atom is 0.333 e. The summed E-state index contributed by atoms with van der Waals surface area (Å²) in [5, 5.41) is 0. The molecule has 0 aromatic heterocycles. The Morgan fingerprint density at radius 3 is 2.73 bits per heavy atom. The van der Waals surface area contributed by atoms with Crippen LogP contribution in [0.1, 0.15) is 13.3 Å². The van der Waals surface area contributed by atoms with Gasteiger partial charge in [0, 0.05) is 18.6 Å². The standard InChI is InChI=1S/C10H15NO4/c1-9(2)10(13)15-6-3-5-14-7-4-11-8-12/h1,3-7H2,2H3. The highest BCUT2D eigenvalue weighted by molar-refractivity contribution is 5.86. The lowest BCUT2D eigenvalue weighted by Gasteiger charge is -2.04. The third kappa shape index (κ3) is 8.87. The molecule has 0 aliphatic heterocycles. The fraction of sp³-hybridized carbons (Fsp3) is 0.600. The number of carbonyl (C=O) groups is 1. The normalized spacial score (nSPS) is 9.13. The molecule has 0 spiro atoms. The Hall–Kier alpha value is -1.45. The highest BCUT2D eigenvalue weighted by Crippen LogP contribution is 1.93. The Balaban J connectivity index is 3.21. The van der Waals surface area contributed by atoms with Crippen LogP contribution in [-0.2, 0) is 19.1 Å². The third-order valence-corrected chi connectivity index (χ3v) is 1.43. The number of hydrogen-bond acceptors (Lipinski definition) is 5. The second-order valence-corrected chi connectivity index (χ2v) is 2.86. The van der Waals surface area contributed by atoms with Crippen LogP contribution < -0.4 is 0 Å². The first kappa shape index (κ1) is 13.5. The molecule has 0 aliphatic rings. The predicted octanol–water partition coefficient (Wildman–Crippen LogP) is 0.848. The Kier molecular flexibility index (Phi) is 8.24.